The molecule has 0 bridgehead atoms. The Morgan fingerprint density at radius 1 is 1.14 bits per heavy atom. The number of hydrogen-bond donors (Lipinski definition) is 1. The fourth-order valence-corrected chi connectivity index (χ4v) is 2.48. The first-order valence-electron chi connectivity index (χ1n) is 6.56. The average molecular weight is 197 g/mol. The van der Waals surface area contributed by atoms with E-state index in [0.717, 1.165) is 12.0 Å². The number of nitrogens with one attached hydrogen (secondary N) is 1. The summed E-state index contributed by atoms with van der Waals surface area (Å²) in [6.45, 7) is 5.92. The lowest BCUT2D eigenvalue weighted by Gasteiger charge is -2.27. The van der Waals surface area contributed by atoms with Crippen LogP contribution in [0.2, 0.25) is 0 Å². The Labute approximate surface area is 89.7 Å². The summed E-state index contributed by atoms with van der Waals surface area (Å²) >= 11 is 0. The van der Waals surface area contributed by atoms with E-state index in [4.69, 9.17) is 0 Å². The maximum absolute atomic E-state index is 3.71. The van der Waals surface area contributed by atoms with Crippen molar-refractivity contribution < 1.29 is 0 Å². The average Bonchev–Trinajstić information content (AvgIpc) is 2.18. The first-order valence-corrected chi connectivity index (χ1v) is 6.56. The van der Waals surface area contributed by atoms with E-state index < -0.39 is 0 Å². The zero-order chi connectivity index (χ0) is 10.2. The number of unbranched alkanes of at least 4 members (excludes halogenated alkanes) is 3. The van der Waals surface area contributed by atoms with Crippen molar-refractivity contribution in [1.82, 2.24) is 5.32 Å². The van der Waals surface area contributed by atoms with Crippen LogP contribution in [-0.4, -0.2) is 12.6 Å². The van der Waals surface area contributed by atoms with Crippen LogP contribution < -0.4 is 5.32 Å². The van der Waals surface area contributed by atoms with E-state index in [1.165, 1.54) is 57.9 Å². The molecule has 84 valence electrons. The molecule has 0 aromatic heterocycles. The Morgan fingerprint density at radius 3 is 2.71 bits per heavy atom. The zero-order valence-corrected chi connectivity index (χ0v) is 10.0. The Kier molecular flexibility index (Phi) is 6.25. The summed E-state index contributed by atoms with van der Waals surface area (Å²) in [5, 5.41) is 3.71. The molecule has 0 aromatic carbocycles. The molecule has 1 aliphatic carbocycles. The summed E-state index contributed by atoms with van der Waals surface area (Å²) in [7, 11) is 0. The highest BCUT2D eigenvalue weighted by Gasteiger charge is 2.17. The van der Waals surface area contributed by atoms with E-state index >= 15 is 0 Å². The molecule has 1 nitrogen and oxygen atoms in total. The smallest absolute Gasteiger partial charge is 0.00696 e. The van der Waals surface area contributed by atoms with Crippen LogP contribution >= 0.6 is 0 Å². The first-order chi connectivity index (χ1) is 6.83. The highest BCUT2D eigenvalue weighted by molar-refractivity contribution is 4.75. The maximum Gasteiger partial charge on any atom is 0.00696 e. The third-order valence-corrected chi connectivity index (χ3v) is 3.40. The van der Waals surface area contributed by atoms with Gasteiger partial charge in [-0.25, -0.2) is 0 Å². The monoisotopic (exact) mass is 197 g/mol. The lowest BCUT2D eigenvalue weighted by atomic mass is 9.87. The second kappa shape index (κ2) is 7.28. The summed E-state index contributed by atoms with van der Waals surface area (Å²) in [6.07, 6.45) is 11.3. The highest BCUT2D eigenvalue weighted by atomic mass is 14.9. The van der Waals surface area contributed by atoms with Crippen molar-refractivity contribution in [3.63, 3.8) is 0 Å². The van der Waals surface area contributed by atoms with E-state index in [1.54, 1.807) is 0 Å². The molecular formula is C13H27N. The van der Waals surface area contributed by atoms with E-state index in [0.29, 0.717) is 0 Å². The van der Waals surface area contributed by atoms with Crippen molar-refractivity contribution in [1.29, 1.82) is 0 Å². The van der Waals surface area contributed by atoms with Gasteiger partial charge in [0.25, 0.3) is 0 Å². The molecule has 0 heterocycles. The van der Waals surface area contributed by atoms with Crippen LogP contribution in [0, 0.1) is 5.92 Å². The highest BCUT2D eigenvalue weighted by Crippen LogP contribution is 2.23. The van der Waals surface area contributed by atoms with Gasteiger partial charge in [-0.3, -0.25) is 0 Å². The molecule has 1 aliphatic rings. The third-order valence-electron chi connectivity index (χ3n) is 3.40. The zero-order valence-electron chi connectivity index (χ0n) is 10.0. The normalized spacial score (nSPS) is 27.9. The fourth-order valence-electron chi connectivity index (χ4n) is 2.48. The van der Waals surface area contributed by atoms with Gasteiger partial charge in [0, 0.05) is 6.04 Å². The van der Waals surface area contributed by atoms with Gasteiger partial charge in [-0.1, -0.05) is 46.0 Å². The van der Waals surface area contributed by atoms with Crippen molar-refractivity contribution >= 4 is 0 Å². The largest absolute Gasteiger partial charge is 0.314 e. The van der Waals surface area contributed by atoms with Crippen LogP contribution in [0.1, 0.15) is 65.2 Å². The minimum absolute atomic E-state index is 0.834. The Morgan fingerprint density at radius 2 is 2.00 bits per heavy atom. The predicted octanol–water partition coefficient (Wildman–Crippen LogP) is 3.74. The maximum atomic E-state index is 3.71. The van der Waals surface area contributed by atoms with Crippen LogP contribution in [0.15, 0.2) is 0 Å². The van der Waals surface area contributed by atoms with Crippen LogP contribution in [0.5, 0.6) is 0 Å². The summed E-state index contributed by atoms with van der Waals surface area (Å²) in [6, 6.07) is 0.834. The molecule has 0 aliphatic heterocycles. The van der Waals surface area contributed by atoms with Gasteiger partial charge in [-0.2, -0.15) is 0 Å². The molecule has 1 rings (SSSR count). The van der Waals surface area contributed by atoms with Gasteiger partial charge in [0.1, 0.15) is 0 Å². The van der Waals surface area contributed by atoms with Gasteiger partial charge in [-0.05, 0) is 31.7 Å². The molecule has 1 fully saturated rings. The second-order valence-electron chi connectivity index (χ2n) is 4.98. The van der Waals surface area contributed by atoms with Gasteiger partial charge < -0.3 is 5.32 Å². The molecule has 0 radical (unpaired) electrons. The molecule has 0 unspecified atom stereocenters. The minimum Gasteiger partial charge on any atom is -0.314 e. The van der Waals surface area contributed by atoms with Crippen molar-refractivity contribution in [2.75, 3.05) is 6.54 Å². The second-order valence-corrected chi connectivity index (χ2v) is 4.98. The quantitative estimate of drug-likeness (QED) is 0.640. The van der Waals surface area contributed by atoms with Gasteiger partial charge in [-0.15, -0.1) is 0 Å². The van der Waals surface area contributed by atoms with Gasteiger partial charge in [0.2, 0.25) is 0 Å². The fraction of sp³-hybridized carbons (Fsp3) is 1.00. The van der Waals surface area contributed by atoms with Gasteiger partial charge >= 0.3 is 0 Å². The van der Waals surface area contributed by atoms with E-state index in [2.05, 4.69) is 19.2 Å². The van der Waals surface area contributed by atoms with Crippen molar-refractivity contribution in [3.05, 3.63) is 0 Å². The molecule has 0 amide bonds. The molecule has 0 aromatic rings. The minimum atomic E-state index is 0.834. The SMILES string of the molecule is CCCCCCN[C@H]1CCC[C@H](C)C1. The van der Waals surface area contributed by atoms with Crippen molar-refractivity contribution in [2.45, 2.75) is 71.3 Å². The van der Waals surface area contributed by atoms with Gasteiger partial charge in [0.15, 0.2) is 0 Å². The lowest BCUT2D eigenvalue weighted by Crippen LogP contribution is -2.34. The lowest BCUT2D eigenvalue weighted by molar-refractivity contribution is 0.300. The first kappa shape index (κ1) is 12.0. The molecule has 14 heavy (non-hydrogen) atoms. The molecule has 1 N–H and O–H groups in total. The van der Waals surface area contributed by atoms with Crippen molar-refractivity contribution in [2.24, 2.45) is 5.92 Å². The van der Waals surface area contributed by atoms with Crippen LogP contribution in [0.3, 0.4) is 0 Å². The molecular weight excluding hydrogens is 170 g/mol. The molecule has 1 heteroatoms. The summed E-state index contributed by atoms with van der Waals surface area (Å²) in [4.78, 5) is 0. The summed E-state index contributed by atoms with van der Waals surface area (Å²) in [5.74, 6) is 0.955. The van der Waals surface area contributed by atoms with Crippen LogP contribution in [-0.2, 0) is 0 Å². The third kappa shape index (κ3) is 4.99. The Hall–Kier alpha value is -0.0400. The molecule has 1 saturated carbocycles. The van der Waals surface area contributed by atoms with E-state index in [-0.39, 0.29) is 0 Å². The Balaban J connectivity index is 1.95. The van der Waals surface area contributed by atoms with Crippen molar-refractivity contribution in [3.8, 4) is 0 Å². The van der Waals surface area contributed by atoms with Crippen LogP contribution in [0.4, 0.5) is 0 Å². The van der Waals surface area contributed by atoms with E-state index in [9.17, 15) is 0 Å². The number of rotatable bonds is 6. The number of hydrogen-bond acceptors (Lipinski definition) is 1. The Bertz CT molecular complexity index is 133. The standard InChI is InChI=1S/C13H27N/c1-3-4-5-6-10-14-13-9-7-8-12(2)11-13/h12-14H,3-11H2,1-2H3/t12-,13-/m0/s1. The van der Waals surface area contributed by atoms with E-state index in [1.807, 2.05) is 0 Å². The molecule has 0 spiro atoms. The van der Waals surface area contributed by atoms with Crippen LogP contribution in [0.25, 0.3) is 0 Å². The topological polar surface area (TPSA) is 12.0 Å². The summed E-state index contributed by atoms with van der Waals surface area (Å²) in [5.41, 5.74) is 0. The predicted molar refractivity (Wildman–Crippen MR) is 63.6 cm³/mol. The van der Waals surface area contributed by atoms with Gasteiger partial charge in [0.05, 0.1) is 0 Å². The summed E-state index contributed by atoms with van der Waals surface area (Å²) < 4.78 is 0. The molecule has 2 atom stereocenters. The molecule has 0 saturated heterocycles.